The number of aryl methyl sites for hydroxylation is 1. The fourth-order valence-corrected chi connectivity index (χ4v) is 9.68. The number of thiophene rings is 1. The Morgan fingerprint density at radius 2 is 1.78 bits per heavy atom. The van der Waals surface area contributed by atoms with E-state index in [2.05, 4.69) is 36.7 Å². The minimum absolute atomic E-state index is 0.00564. The summed E-state index contributed by atoms with van der Waals surface area (Å²) in [5.74, 6) is -0.510. The number of rotatable bonds is 18. The first-order valence-electron chi connectivity index (χ1n) is 21.8. The van der Waals surface area contributed by atoms with Crippen molar-refractivity contribution in [1.82, 2.24) is 50.8 Å². The molecule has 20 heteroatoms. The Kier molecular flexibility index (Phi) is 14.2. The predicted molar refractivity (Wildman–Crippen MR) is 237 cm³/mol. The van der Waals surface area contributed by atoms with Crippen LogP contribution in [-0.2, 0) is 57.1 Å². The molecule has 1 aromatic carbocycles. The molecular weight excluding hydrogens is 862 g/mol. The van der Waals surface area contributed by atoms with E-state index in [1.165, 1.54) is 34.0 Å². The van der Waals surface area contributed by atoms with Gasteiger partial charge in [-0.25, -0.2) is 14.8 Å². The van der Waals surface area contributed by atoms with E-state index >= 15 is 0 Å². The summed E-state index contributed by atoms with van der Waals surface area (Å²) in [6.45, 7) is 0.941. The van der Waals surface area contributed by atoms with Crippen molar-refractivity contribution in [3.63, 3.8) is 0 Å². The van der Waals surface area contributed by atoms with Crippen molar-refractivity contribution in [2.75, 3.05) is 31.5 Å². The second-order valence-electron chi connectivity index (χ2n) is 16.8. The molecule has 5 heterocycles. The Labute approximate surface area is 379 Å². The maximum absolute atomic E-state index is 13.6. The number of carbonyl (C=O) groups excluding carboxylic acids is 6. The van der Waals surface area contributed by atoms with E-state index in [1.807, 2.05) is 54.3 Å². The maximum Gasteiger partial charge on any atom is 0.410 e. The molecule has 3 fully saturated rings. The van der Waals surface area contributed by atoms with E-state index in [-0.39, 0.29) is 81.5 Å². The average molecular weight is 914 g/mol. The van der Waals surface area contributed by atoms with Crippen LogP contribution in [0.1, 0.15) is 82.7 Å². The summed E-state index contributed by atoms with van der Waals surface area (Å²) in [4.78, 5) is 89.9. The lowest BCUT2D eigenvalue weighted by molar-refractivity contribution is -0.137. The number of anilines is 1. The third kappa shape index (κ3) is 11.1. The molecule has 0 bridgehead atoms. The van der Waals surface area contributed by atoms with Crippen LogP contribution in [0.5, 0.6) is 0 Å². The monoisotopic (exact) mass is 913 g/mol. The first-order valence-corrected chi connectivity index (χ1v) is 23.0. The Bertz CT molecular complexity index is 2380. The Morgan fingerprint density at radius 1 is 0.984 bits per heavy atom. The van der Waals surface area contributed by atoms with Crippen LogP contribution in [0.4, 0.5) is 10.7 Å². The lowest BCUT2D eigenvalue weighted by atomic mass is 9.90. The van der Waals surface area contributed by atoms with Crippen molar-refractivity contribution in [3.05, 3.63) is 80.4 Å². The predicted octanol–water partition coefficient (Wildman–Crippen LogP) is 3.69. The van der Waals surface area contributed by atoms with E-state index in [1.54, 1.807) is 6.20 Å². The highest BCUT2D eigenvalue weighted by molar-refractivity contribution is 7.14. The number of nitrogens with one attached hydrogen (secondary N) is 5. The molecule has 64 heavy (non-hydrogen) atoms. The normalized spacial score (nSPS) is 19.5. The molecule has 2 aliphatic heterocycles. The van der Waals surface area contributed by atoms with Gasteiger partial charge in [0, 0.05) is 61.3 Å². The number of halogens is 1. The van der Waals surface area contributed by atoms with Crippen LogP contribution in [-0.4, -0.2) is 109 Å². The van der Waals surface area contributed by atoms with Crippen LogP contribution in [0.3, 0.4) is 0 Å². The number of carbonyl (C=O) groups is 6. The molecule has 5 N–H and O–H groups in total. The molecule has 2 saturated carbocycles. The number of hydrogen-bond donors (Lipinski definition) is 5. The molecule has 0 spiro atoms. The molecule has 1 saturated heterocycles. The average Bonchev–Trinajstić information content (AvgIpc) is 3.80. The molecule has 2 aliphatic carbocycles. The third-order valence-electron chi connectivity index (χ3n) is 12.1. The Hall–Kier alpha value is -5.92. The second-order valence-corrected chi connectivity index (χ2v) is 18.3. The van der Waals surface area contributed by atoms with E-state index in [4.69, 9.17) is 21.3 Å². The number of ether oxygens (including phenoxy) is 1. The summed E-state index contributed by atoms with van der Waals surface area (Å²) < 4.78 is 7.60. The number of nitrogens with zero attached hydrogens (tertiary/aromatic N) is 6. The van der Waals surface area contributed by atoms with Gasteiger partial charge in [-0.05, 0) is 74.5 Å². The van der Waals surface area contributed by atoms with Crippen molar-refractivity contribution in [2.45, 2.75) is 95.6 Å². The van der Waals surface area contributed by atoms with Gasteiger partial charge in [0.15, 0.2) is 0 Å². The Morgan fingerprint density at radius 3 is 2.53 bits per heavy atom. The van der Waals surface area contributed by atoms with Crippen molar-refractivity contribution >= 4 is 64.5 Å². The molecule has 3 aromatic heterocycles. The highest BCUT2D eigenvalue weighted by Gasteiger charge is 2.40. The van der Waals surface area contributed by atoms with Gasteiger partial charge < -0.3 is 30.9 Å². The van der Waals surface area contributed by atoms with Gasteiger partial charge in [-0.3, -0.25) is 38.9 Å². The van der Waals surface area contributed by atoms with Crippen LogP contribution in [0.15, 0.2) is 48.8 Å². The number of benzene rings is 1. The number of aromatic nitrogens is 4. The molecule has 1 atom stereocenters. The zero-order valence-electron chi connectivity index (χ0n) is 35.6. The minimum atomic E-state index is -0.672. The van der Waals surface area contributed by atoms with E-state index < -0.39 is 18.0 Å². The summed E-state index contributed by atoms with van der Waals surface area (Å²) in [7, 11) is 1.94. The standard InChI is InChI=1S/C44H52ClN11O7S/c1-54-35(17-26-7-8-26)32(20-50-54)39-33(45)21-49-43(53-39)51-29-9-11-30(12-10-29)55(44(62)63-25-27-5-3-2-4-6-27)24-38(59)47-16-15-46-22-37(58)48-19-31-18-28-23-56(42(61)40(28)64-31)34-13-14-36(57)52-41(34)60/h2-6,18,20-21,26,29-30,34,46H,7-17,19,22-25H2,1H3,(H,47,59)(H,48,58)(H,49,51,53)(H,52,57,60). The van der Waals surface area contributed by atoms with E-state index in [0.29, 0.717) is 66.1 Å². The van der Waals surface area contributed by atoms with Gasteiger partial charge in [0.05, 0.1) is 41.1 Å². The van der Waals surface area contributed by atoms with E-state index in [9.17, 15) is 28.8 Å². The van der Waals surface area contributed by atoms with Crippen molar-refractivity contribution < 1.29 is 33.5 Å². The van der Waals surface area contributed by atoms with E-state index in [0.717, 1.165) is 33.7 Å². The smallest absolute Gasteiger partial charge is 0.410 e. The van der Waals surface area contributed by atoms with Crippen molar-refractivity contribution in [3.8, 4) is 11.3 Å². The zero-order valence-corrected chi connectivity index (χ0v) is 37.1. The molecule has 1 unspecified atom stereocenters. The fourth-order valence-electron chi connectivity index (χ4n) is 8.42. The first kappa shape index (κ1) is 44.7. The van der Waals surface area contributed by atoms with Gasteiger partial charge in [-0.1, -0.05) is 41.9 Å². The van der Waals surface area contributed by atoms with Crippen LogP contribution in [0.2, 0.25) is 5.02 Å². The zero-order chi connectivity index (χ0) is 44.7. The summed E-state index contributed by atoms with van der Waals surface area (Å²) in [6, 6.07) is 10.4. The molecule has 4 aromatic rings. The molecule has 6 amide bonds. The van der Waals surface area contributed by atoms with Crippen molar-refractivity contribution in [2.24, 2.45) is 13.0 Å². The second kappa shape index (κ2) is 20.3. The van der Waals surface area contributed by atoms with Gasteiger partial charge >= 0.3 is 6.09 Å². The van der Waals surface area contributed by atoms with Gasteiger partial charge in [0.1, 0.15) is 19.2 Å². The maximum atomic E-state index is 13.6. The van der Waals surface area contributed by atoms with Crippen LogP contribution in [0, 0.1) is 5.92 Å². The quantitative estimate of drug-likeness (QED) is 0.0713. The highest BCUT2D eigenvalue weighted by atomic mass is 35.5. The largest absolute Gasteiger partial charge is 0.445 e. The summed E-state index contributed by atoms with van der Waals surface area (Å²) in [5, 5.41) is 19.4. The first-order chi connectivity index (χ1) is 31.0. The fraction of sp³-hybridized carbons (Fsp3) is 0.477. The van der Waals surface area contributed by atoms with Gasteiger partial charge in [0.2, 0.25) is 29.6 Å². The van der Waals surface area contributed by atoms with Crippen LogP contribution >= 0.6 is 22.9 Å². The summed E-state index contributed by atoms with van der Waals surface area (Å²) in [5.41, 5.74) is 4.30. The molecule has 18 nitrogen and oxygen atoms in total. The molecule has 0 radical (unpaired) electrons. The SMILES string of the molecule is Cn1ncc(-c2nc(NC3CCC(N(CC(=O)NCCNCC(=O)NCc4cc5c(s4)C(=O)N(C4CCC(=O)NC4=O)C5)C(=O)OCc4ccccc4)CC3)ncc2Cl)c1CC1CC1. The summed E-state index contributed by atoms with van der Waals surface area (Å²) in [6.07, 6.45) is 9.38. The van der Waals surface area contributed by atoms with Crippen LogP contribution < -0.4 is 26.6 Å². The molecule has 338 valence electrons. The third-order valence-corrected chi connectivity index (χ3v) is 13.5. The number of fused-ring (bicyclic) bond motifs is 1. The van der Waals surface area contributed by atoms with Gasteiger partial charge in [0.25, 0.3) is 5.91 Å². The number of amides is 6. The topological polar surface area (TPSA) is 222 Å². The molecule has 8 rings (SSSR count). The van der Waals surface area contributed by atoms with Gasteiger partial charge in [-0.15, -0.1) is 11.3 Å². The highest BCUT2D eigenvalue weighted by Crippen LogP contribution is 2.37. The number of imide groups is 1. The number of piperidine rings is 1. The van der Waals surface area contributed by atoms with Gasteiger partial charge in [-0.2, -0.15) is 5.10 Å². The molecule has 4 aliphatic rings. The minimum Gasteiger partial charge on any atom is -0.445 e. The molecular formula is C44H52ClN11O7S. The lowest BCUT2D eigenvalue weighted by Gasteiger charge is -2.36. The number of hydrogen-bond acceptors (Lipinski definition) is 13. The van der Waals surface area contributed by atoms with Crippen LogP contribution in [0.25, 0.3) is 11.3 Å². The summed E-state index contributed by atoms with van der Waals surface area (Å²) >= 11 is 7.89. The Balaban J connectivity index is 0.782. The lowest BCUT2D eigenvalue weighted by Crippen LogP contribution is -2.52. The van der Waals surface area contributed by atoms with Crippen molar-refractivity contribution in [1.29, 1.82) is 0 Å².